The summed E-state index contributed by atoms with van der Waals surface area (Å²) in [7, 11) is 0. The Balaban J connectivity index is 1.47. The minimum absolute atomic E-state index is 0.0137. The molecule has 4 rings (SSSR count). The van der Waals surface area contributed by atoms with Crippen LogP contribution in [0, 0.1) is 0 Å². The summed E-state index contributed by atoms with van der Waals surface area (Å²) in [6, 6.07) is 7.67. The number of aromatic nitrogens is 2. The van der Waals surface area contributed by atoms with Gasteiger partial charge in [-0.15, -0.1) is 0 Å². The van der Waals surface area contributed by atoms with Crippen LogP contribution in [0.4, 0.5) is 0 Å². The van der Waals surface area contributed by atoms with Crippen LogP contribution in [0.3, 0.4) is 0 Å². The van der Waals surface area contributed by atoms with Crippen molar-refractivity contribution in [2.24, 2.45) is 0 Å². The average molecular weight is 341 g/mol. The maximum atomic E-state index is 12.8. The number of rotatable bonds is 6. The van der Waals surface area contributed by atoms with E-state index in [1.54, 1.807) is 4.57 Å². The molecule has 2 heterocycles. The van der Waals surface area contributed by atoms with Gasteiger partial charge < -0.3 is 10.1 Å². The number of nitrogens with one attached hydrogen (secondary N) is 1. The molecule has 0 bridgehead atoms. The standard InChI is InChI=1S/C19H23N3O3/c23-18(20-12-14-4-3-11-25-14)10-9-17-21-16-6-2-1-5-15(16)19(24)22(17)13-7-8-13/h1-2,5-6,13-14H,3-4,7-12H2,(H,20,23)/t14-/m0/s1. The first-order valence-electron chi connectivity index (χ1n) is 9.11. The number of amides is 1. The van der Waals surface area contributed by atoms with Crippen LogP contribution in [0.25, 0.3) is 10.9 Å². The zero-order valence-electron chi connectivity index (χ0n) is 14.2. The predicted molar refractivity (Wildman–Crippen MR) is 94.6 cm³/mol. The van der Waals surface area contributed by atoms with Crippen LogP contribution in [0.2, 0.25) is 0 Å². The van der Waals surface area contributed by atoms with E-state index in [1.165, 1.54) is 0 Å². The second kappa shape index (κ2) is 6.96. The van der Waals surface area contributed by atoms with Crippen molar-refractivity contribution in [1.29, 1.82) is 0 Å². The summed E-state index contributed by atoms with van der Waals surface area (Å²) in [5, 5.41) is 3.59. The SMILES string of the molecule is O=C(CCc1nc2ccccc2c(=O)n1C1CC1)NC[C@@H]1CCCO1. The van der Waals surface area contributed by atoms with Gasteiger partial charge in [-0.05, 0) is 37.8 Å². The number of hydrogen-bond acceptors (Lipinski definition) is 4. The Morgan fingerprint density at radius 3 is 2.88 bits per heavy atom. The molecule has 1 aliphatic carbocycles. The molecule has 6 nitrogen and oxygen atoms in total. The van der Waals surface area contributed by atoms with Crippen molar-refractivity contribution in [1.82, 2.24) is 14.9 Å². The van der Waals surface area contributed by atoms with Crippen LogP contribution in [0.1, 0.15) is 44.0 Å². The van der Waals surface area contributed by atoms with Gasteiger partial charge in [0, 0.05) is 32.0 Å². The van der Waals surface area contributed by atoms with Crippen LogP contribution in [0.5, 0.6) is 0 Å². The van der Waals surface area contributed by atoms with E-state index in [0.29, 0.717) is 30.3 Å². The summed E-state index contributed by atoms with van der Waals surface area (Å²) in [5.41, 5.74) is 0.724. The Morgan fingerprint density at radius 2 is 2.12 bits per heavy atom. The highest BCUT2D eigenvalue weighted by molar-refractivity contribution is 5.78. The molecule has 1 N–H and O–H groups in total. The lowest BCUT2D eigenvalue weighted by Crippen LogP contribution is -2.32. The number of nitrogens with zero attached hydrogens (tertiary/aromatic N) is 2. The topological polar surface area (TPSA) is 73.2 Å². The van der Waals surface area contributed by atoms with Gasteiger partial charge in [0.25, 0.3) is 5.56 Å². The molecule has 2 fully saturated rings. The second-order valence-electron chi connectivity index (χ2n) is 6.89. The van der Waals surface area contributed by atoms with Gasteiger partial charge >= 0.3 is 0 Å². The molecule has 1 aromatic carbocycles. The van der Waals surface area contributed by atoms with Gasteiger partial charge in [0.15, 0.2) is 0 Å². The minimum Gasteiger partial charge on any atom is -0.376 e. The van der Waals surface area contributed by atoms with Gasteiger partial charge in [-0.3, -0.25) is 14.2 Å². The number of benzene rings is 1. The Hall–Kier alpha value is -2.21. The van der Waals surface area contributed by atoms with E-state index in [9.17, 15) is 9.59 Å². The van der Waals surface area contributed by atoms with Crippen molar-refractivity contribution in [3.8, 4) is 0 Å². The molecule has 25 heavy (non-hydrogen) atoms. The summed E-state index contributed by atoms with van der Waals surface area (Å²) in [6.45, 7) is 1.36. The fourth-order valence-electron chi connectivity index (χ4n) is 3.42. The molecule has 0 spiro atoms. The molecule has 2 aromatic rings. The molecule has 1 aromatic heterocycles. The highest BCUT2D eigenvalue weighted by Gasteiger charge is 2.28. The van der Waals surface area contributed by atoms with Crippen LogP contribution in [-0.4, -0.2) is 34.7 Å². The van der Waals surface area contributed by atoms with Crippen molar-refractivity contribution in [2.45, 2.75) is 50.7 Å². The molecule has 0 radical (unpaired) electrons. The van der Waals surface area contributed by atoms with Gasteiger partial charge in [0.05, 0.1) is 17.0 Å². The van der Waals surface area contributed by atoms with Crippen LogP contribution in [0.15, 0.2) is 29.1 Å². The van der Waals surface area contributed by atoms with Crippen molar-refractivity contribution in [3.05, 3.63) is 40.4 Å². The molecular weight excluding hydrogens is 318 g/mol. The normalized spacial score (nSPS) is 20.1. The Morgan fingerprint density at radius 1 is 1.28 bits per heavy atom. The molecule has 1 saturated carbocycles. The zero-order valence-corrected chi connectivity index (χ0v) is 14.2. The lowest BCUT2D eigenvalue weighted by Gasteiger charge is -2.14. The monoisotopic (exact) mass is 341 g/mol. The first-order chi connectivity index (χ1) is 12.2. The van der Waals surface area contributed by atoms with Gasteiger partial charge in [0.2, 0.25) is 5.91 Å². The fraction of sp³-hybridized carbons (Fsp3) is 0.526. The minimum atomic E-state index is -0.0137. The van der Waals surface area contributed by atoms with Crippen molar-refractivity contribution in [2.75, 3.05) is 13.2 Å². The Labute approximate surface area is 146 Å². The van der Waals surface area contributed by atoms with Crippen molar-refractivity contribution < 1.29 is 9.53 Å². The summed E-state index contributed by atoms with van der Waals surface area (Å²) >= 11 is 0. The maximum Gasteiger partial charge on any atom is 0.261 e. The van der Waals surface area contributed by atoms with E-state index in [1.807, 2.05) is 24.3 Å². The van der Waals surface area contributed by atoms with Gasteiger partial charge in [-0.25, -0.2) is 4.98 Å². The molecular formula is C19H23N3O3. The van der Waals surface area contributed by atoms with Crippen LogP contribution >= 0.6 is 0 Å². The number of carbonyl (C=O) groups is 1. The molecule has 1 atom stereocenters. The second-order valence-corrected chi connectivity index (χ2v) is 6.89. The molecule has 1 amide bonds. The number of hydrogen-bond donors (Lipinski definition) is 1. The Kier molecular flexibility index (Phi) is 4.53. The molecule has 6 heteroatoms. The summed E-state index contributed by atoms with van der Waals surface area (Å²) in [4.78, 5) is 29.6. The largest absolute Gasteiger partial charge is 0.376 e. The lowest BCUT2D eigenvalue weighted by molar-refractivity contribution is -0.121. The summed E-state index contributed by atoms with van der Waals surface area (Å²) < 4.78 is 7.32. The van der Waals surface area contributed by atoms with E-state index in [4.69, 9.17) is 4.74 Å². The summed E-state index contributed by atoms with van der Waals surface area (Å²) in [6.07, 6.45) is 5.06. The van der Waals surface area contributed by atoms with E-state index in [2.05, 4.69) is 10.3 Å². The zero-order chi connectivity index (χ0) is 17.2. The highest BCUT2D eigenvalue weighted by Crippen LogP contribution is 2.34. The van der Waals surface area contributed by atoms with Gasteiger partial charge in [-0.1, -0.05) is 12.1 Å². The van der Waals surface area contributed by atoms with E-state index < -0.39 is 0 Å². The number of carbonyl (C=O) groups excluding carboxylic acids is 1. The Bertz CT molecular complexity index is 835. The third-order valence-electron chi connectivity index (χ3n) is 4.92. The van der Waals surface area contributed by atoms with E-state index in [0.717, 1.165) is 38.1 Å². The fourth-order valence-corrected chi connectivity index (χ4v) is 3.42. The lowest BCUT2D eigenvalue weighted by atomic mass is 10.2. The first kappa shape index (κ1) is 16.3. The molecule has 0 unspecified atom stereocenters. The highest BCUT2D eigenvalue weighted by atomic mass is 16.5. The maximum absolute atomic E-state index is 12.8. The van der Waals surface area contributed by atoms with Gasteiger partial charge in [-0.2, -0.15) is 0 Å². The quantitative estimate of drug-likeness (QED) is 0.872. The third-order valence-corrected chi connectivity index (χ3v) is 4.92. The van der Waals surface area contributed by atoms with E-state index in [-0.39, 0.29) is 23.6 Å². The average Bonchev–Trinajstić information content (AvgIpc) is 3.32. The van der Waals surface area contributed by atoms with Crippen LogP contribution < -0.4 is 10.9 Å². The number of fused-ring (bicyclic) bond motifs is 1. The number of ether oxygens (including phenoxy) is 1. The van der Waals surface area contributed by atoms with Crippen LogP contribution in [-0.2, 0) is 16.0 Å². The number of para-hydroxylation sites is 1. The van der Waals surface area contributed by atoms with Crippen molar-refractivity contribution in [3.63, 3.8) is 0 Å². The molecule has 1 saturated heterocycles. The molecule has 2 aliphatic rings. The summed E-state index contributed by atoms with van der Waals surface area (Å²) in [5.74, 6) is 0.707. The predicted octanol–water partition coefficient (Wildman–Crippen LogP) is 1.96. The molecule has 1 aliphatic heterocycles. The van der Waals surface area contributed by atoms with Gasteiger partial charge in [0.1, 0.15) is 5.82 Å². The van der Waals surface area contributed by atoms with Crippen molar-refractivity contribution >= 4 is 16.8 Å². The first-order valence-corrected chi connectivity index (χ1v) is 9.11. The number of aryl methyl sites for hydroxylation is 1. The third kappa shape index (κ3) is 3.58. The van der Waals surface area contributed by atoms with E-state index >= 15 is 0 Å². The molecule has 132 valence electrons. The smallest absolute Gasteiger partial charge is 0.261 e.